The molecule has 28 heavy (non-hydrogen) atoms. The van der Waals surface area contributed by atoms with Crippen LogP contribution in [0.3, 0.4) is 0 Å². The maximum absolute atomic E-state index is 13.1. The Balaban J connectivity index is 1.43. The summed E-state index contributed by atoms with van der Waals surface area (Å²) in [5, 5.41) is 8.02. The Morgan fingerprint density at radius 3 is 2.71 bits per heavy atom. The molecule has 3 aromatic rings. The van der Waals surface area contributed by atoms with Crippen LogP contribution >= 0.6 is 0 Å². The van der Waals surface area contributed by atoms with E-state index in [4.69, 9.17) is 0 Å². The van der Waals surface area contributed by atoms with Crippen molar-refractivity contribution in [2.75, 3.05) is 19.6 Å². The molecule has 0 aliphatic carbocycles. The molecule has 5 rings (SSSR count). The third kappa shape index (κ3) is 2.37. The Labute approximate surface area is 161 Å². The first-order chi connectivity index (χ1) is 13.6. The van der Waals surface area contributed by atoms with Crippen LogP contribution in [0.4, 0.5) is 0 Å². The molecule has 0 radical (unpaired) electrons. The minimum atomic E-state index is -0.427. The molecular formula is C20H22N6O2. The summed E-state index contributed by atoms with van der Waals surface area (Å²) in [5.74, 6) is -0.00791. The molecule has 8 heteroatoms. The third-order valence-corrected chi connectivity index (χ3v) is 6.19. The molecule has 1 aromatic carbocycles. The minimum Gasteiger partial charge on any atom is -0.348 e. The summed E-state index contributed by atoms with van der Waals surface area (Å²) < 4.78 is 0. The number of para-hydroxylation sites is 1. The number of likely N-dealkylation sites (tertiary alicyclic amines) is 1. The van der Waals surface area contributed by atoms with E-state index in [0.717, 1.165) is 28.7 Å². The number of amides is 2. The molecule has 8 nitrogen and oxygen atoms in total. The molecule has 2 aliphatic heterocycles. The van der Waals surface area contributed by atoms with Gasteiger partial charge in [-0.05, 0) is 18.9 Å². The van der Waals surface area contributed by atoms with Crippen LogP contribution in [0.2, 0.25) is 0 Å². The van der Waals surface area contributed by atoms with Gasteiger partial charge >= 0.3 is 0 Å². The molecule has 1 spiro atoms. The minimum absolute atomic E-state index is 0.0618. The predicted molar refractivity (Wildman–Crippen MR) is 103 cm³/mol. The molecule has 2 aromatic heterocycles. The Hall–Kier alpha value is -3.16. The van der Waals surface area contributed by atoms with Crippen molar-refractivity contribution in [3.05, 3.63) is 47.7 Å². The lowest BCUT2D eigenvalue weighted by atomic mass is 9.78. The zero-order chi connectivity index (χ0) is 19.3. The van der Waals surface area contributed by atoms with E-state index in [0.29, 0.717) is 38.2 Å². The van der Waals surface area contributed by atoms with Crippen molar-refractivity contribution >= 4 is 22.7 Å². The van der Waals surface area contributed by atoms with Crippen LogP contribution in [0.1, 0.15) is 41.6 Å². The fourth-order valence-electron chi connectivity index (χ4n) is 4.80. The fraction of sp³-hybridized carbons (Fsp3) is 0.400. The summed E-state index contributed by atoms with van der Waals surface area (Å²) in [6, 6.07) is 7.65. The Bertz CT molecular complexity index is 1060. The van der Waals surface area contributed by atoms with Gasteiger partial charge in [-0.25, -0.2) is 4.98 Å². The molecule has 144 valence electrons. The van der Waals surface area contributed by atoms with Gasteiger partial charge < -0.3 is 14.8 Å². The van der Waals surface area contributed by atoms with Crippen molar-refractivity contribution in [1.29, 1.82) is 0 Å². The molecule has 1 saturated heterocycles. The number of imidazole rings is 1. The Morgan fingerprint density at radius 2 is 1.93 bits per heavy atom. The topological polar surface area (TPSA) is 98.0 Å². The quantitative estimate of drug-likeness (QED) is 0.675. The third-order valence-electron chi connectivity index (χ3n) is 6.19. The number of hydrogen-bond donors (Lipinski definition) is 2. The summed E-state index contributed by atoms with van der Waals surface area (Å²) in [7, 11) is 0. The standard InChI is InChI=1S/C20H22N6O2/c1-13(27)26-9-6-16-18(22-12-21-16)20(26)7-10-25(11-8-20)19(28)17-14-4-2-3-5-15(14)23-24-17/h2-5,12H,6-11H2,1H3,(H,21,22)(H,23,24). The number of nitrogens with zero attached hydrogens (tertiary/aromatic N) is 4. The van der Waals surface area contributed by atoms with E-state index in [9.17, 15) is 9.59 Å². The van der Waals surface area contributed by atoms with E-state index in [-0.39, 0.29) is 11.8 Å². The van der Waals surface area contributed by atoms with Gasteiger partial charge in [0.2, 0.25) is 5.91 Å². The van der Waals surface area contributed by atoms with E-state index in [1.165, 1.54) is 0 Å². The number of rotatable bonds is 1. The van der Waals surface area contributed by atoms with Crippen molar-refractivity contribution in [3.8, 4) is 0 Å². The average Bonchev–Trinajstić information content (AvgIpc) is 3.35. The number of piperidine rings is 1. The van der Waals surface area contributed by atoms with Gasteiger partial charge in [-0.1, -0.05) is 18.2 Å². The largest absolute Gasteiger partial charge is 0.348 e. The van der Waals surface area contributed by atoms with Crippen LogP contribution in [0, 0.1) is 0 Å². The highest BCUT2D eigenvalue weighted by Gasteiger charge is 2.48. The number of carbonyl (C=O) groups is 2. The molecule has 1 fully saturated rings. The normalized spacial score (nSPS) is 18.5. The first kappa shape index (κ1) is 17.0. The molecule has 0 atom stereocenters. The van der Waals surface area contributed by atoms with Crippen LogP contribution in [-0.2, 0) is 16.8 Å². The molecular weight excluding hydrogens is 356 g/mol. The van der Waals surface area contributed by atoms with E-state index in [2.05, 4.69) is 20.2 Å². The van der Waals surface area contributed by atoms with Crippen LogP contribution in [0.15, 0.2) is 30.6 Å². The first-order valence-electron chi connectivity index (χ1n) is 9.63. The van der Waals surface area contributed by atoms with Crippen LogP contribution in [0.5, 0.6) is 0 Å². The summed E-state index contributed by atoms with van der Waals surface area (Å²) in [4.78, 5) is 37.0. The number of aromatic amines is 2. The molecule has 0 saturated carbocycles. The second-order valence-corrected chi connectivity index (χ2v) is 7.59. The molecule has 2 amide bonds. The molecule has 0 bridgehead atoms. The van der Waals surface area contributed by atoms with Gasteiger partial charge in [0, 0.05) is 44.1 Å². The summed E-state index contributed by atoms with van der Waals surface area (Å²) in [6.45, 7) is 3.43. The van der Waals surface area contributed by atoms with Crippen LogP contribution < -0.4 is 0 Å². The lowest BCUT2D eigenvalue weighted by molar-refractivity contribution is -0.139. The number of aromatic nitrogens is 4. The number of H-pyrrole nitrogens is 2. The fourth-order valence-corrected chi connectivity index (χ4v) is 4.80. The predicted octanol–water partition coefficient (Wildman–Crippen LogP) is 1.82. The van der Waals surface area contributed by atoms with E-state index >= 15 is 0 Å². The number of hydrogen-bond acceptors (Lipinski definition) is 4. The second kappa shape index (κ2) is 6.19. The van der Waals surface area contributed by atoms with E-state index in [1.54, 1.807) is 13.3 Å². The zero-order valence-electron chi connectivity index (χ0n) is 15.7. The zero-order valence-corrected chi connectivity index (χ0v) is 15.7. The number of fused-ring (bicyclic) bond motifs is 3. The van der Waals surface area contributed by atoms with Crippen molar-refractivity contribution in [3.63, 3.8) is 0 Å². The van der Waals surface area contributed by atoms with E-state index in [1.807, 2.05) is 34.1 Å². The lowest BCUT2D eigenvalue weighted by Crippen LogP contribution is -2.58. The summed E-state index contributed by atoms with van der Waals surface area (Å²) in [5.41, 5.74) is 2.96. The first-order valence-corrected chi connectivity index (χ1v) is 9.63. The molecule has 0 unspecified atom stereocenters. The van der Waals surface area contributed by atoms with Crippen molar-refractivity contribution in [2.45, 2.75) is 31.7 Å². The summed E-state index contributed by atoms with van der Waals surface area (Å²) in [6.07, 6.45) is 3.86. The van der Waals surface area contributed by atoms with E-state index < -0.39 is 5.54 Å². The van der Waals surface area contributed by atoms with Crippen molar-refractivity contribution < 1.29 is 9.59 Å². The number of carbonyl (C=O) groups excluding carboxylic acids is 2. The van der Waals surface area contributed by atoms with Gasteiger partial charge in [0.1, 0.15) is 0 Å². The summed E-state index contributed by atoms with van der Waals surface area (Å²) >= 11 is 0. The Morgan fingerprint density at radius 1 is 1.14 bits per heavy atom. The van der Waals surface area contributed by atoms with Gasteiger partial charge in [-0.15, -0.1) is 0 Å². The average molecular weight is 378 g/mol. The van der Waals surface area contributed by atoms with Crippen LogP contribution in [-0.4, -0.2) is 61.4 Å². The highest BCUT2D eigenvalue weighted by molar-refractivity contribution is 6.04. The van der Waals surface area contributed by atoms with Gasteiger partial charge in [0.25, 0.3) is 5.91 Å². The molecule has 2 aliphatic rings. The smallest absolute Gasteiger partial charge is 0.274 e. The SMILES string of the molecule is CC(=O)N1CCc2[nH]cnc2C12CCN(C(=O)c1n[nH]c3ccccc13)CC2. The Kier molecular flexibility index (Phi) is 3.75. The van der Waals surface area contributed by atoms with Crippen molar-refractivity contribution in [1.82, 2.24) is 30.0 Å². The van der Waals surface area contributed by atoms with Gasteiger partial charge in [0.15, 0.2) is 5.69 Å². The second-order valence-electron chi connectivity index (χ2n) is 7.59. The maximum Gasteiger partial charge on any atom is 0.274 e. The molecule has 2 N–H and O–H groups in total. The maximum atomic E-state index is 13.1. The highest BCUT2D eigenvalue weighted by Crippen LogP contribution is 2.42. The lowest BCUT2D eigenvalue weighted by Gasteiger charge is -2.50. The van der Waals surface area contributed by atoms with Crippen molar-refractivity contribution in [2.24, 2.45) is 0 Å². The monoisotopic (exact) mass is 378 g/mol. The number of benzene rings is 1. The van der Waals surface area contributed by atoms with Gasteiger partial charge in [-0.3, -0.25) is 14.7 Å². The van der Waals surface area contributed by atoms with Crippen LogP contribution in [0.25, 0.3) is 10.9 Å². The van der Waals surface area contributed by atoms with Gasteiger partial charge in [-0.2, -0.15) is 5.10 Å². The molecule has 4 heterocycles. The van der Waals surface area contributed by atoms with Gasteiger partial charge in [0.05, 0.1) is 23.1 Å². The number of nitrogens with one attached hydrogen (secondary N) is 2. The highest BCUT2D eigenvalue weighted by atomic mass is 16.2.